The normalized spacial score (nSPS) is 12.2. The van der Waals surface area contributed by atoms with Crippen LogP contribution >= 0.6 is 0 Å². The molecule has 0 aromatic rings. The van der Waals surface area contributed by atoms with Gasteiger partial charge in [-0.25, -0.2) is 0 Å². The summed E-state index contributed by atoms with van der Waals surface area (Å²) in [4.78, 5) is 38.2. The smallest absolute Gasteiger partial charge is 0.306 e. The number of carbonyl (C=O) groups excluding carboxylic acids is 3. The van der Waals surface area contributed by atoms with Gasteiger partial charge in [-0.05, 0) is 70.6 Å². The topological polar surface area (TPSA) is 78.9 Å². The van der Waals surface area contributed by atoms with Crippen LogP contribution in [0.3, 0.4) is 0 Å². The Bertz CT molecular complexity index is 1130. The van der Waals surface area contributed by atoms with Gasteiger partial charge in [-0.1, -0.05) is 263 Å². The Morgan fingerprint density at radius 3 is 0.881 bits per heavy atom. The van der Waals surface area contributed by atoms with Crippen molar-refractivity contribution in [2.75, 3.05) is 13.2 Å². The summed E-state index contributed by atoms with van der Waals surface area (Å²) < 4.78 is 16.9. The SMILES string of the molecule is CCCC/C=C\C/C=C\CCCCCCCC(=O)OCC(COC(=O)CCCCCCCCCCCCCCCCCCCCC)OC(=O)CCCCCCC/C=C\CCCCCCCCC. The van der Waals surface area contributed by atoms with Crippen molar-refractivity contribution >= 4 is 17.9 Å². The molecule has 0 aliphatic heterocycles. The molecule has 67 heavy (non-hydrogen) atoms. The van der Waals surface area contributed by atoms with Gasteiger partial charge in [0.25, 0.3) is 0 Å². The molecule has 0 aliphatic rings. The number of esters is 3. The van der Waals surface area contributed by atoms with Gasteiger partial charge in [-0.2, -0.15) is 0 Å². The summed E-state index contributed by atoms with van der Waals surface area (Å²) >= 11 is 0. The molecule has 6 heteroatoms. The highest BCUT2D eigenvalue weighted by Gasteiger charge is 2.19. The number of rotatable bonds is 54. The lowest BCUT2D eigenvalue weighted by Gasteiger charge is -2.18. The first-order chi connectivity index (χ1) is 33.0. The van der Waals surface area contributed by atoms with E-state index in [1.807, 2.05) is 0 Å². The summed E-state index contributed by atoms with van der Waals surface area (Å²) in [6.07, 6.45) is 67.1. The number of hydrogen-bond donors (Lipinski definition) is 0. The molecule has 6 nitrogen and oxygen atoms in total. The molecule has 0 aromatic carbocycles. The van der Waals surface area contributed by atoms with Crippen LogP contribution in [-0.4, -0.2) is 37.2 Å². The molecule has 0 radical (unpaired) electrons. The second kappa shape index (κ2) is 56.2. The zero-order valence-corrected chi connectivity index (χ0v) is 44.9. The highest BCUT2D eigenvalue weighted by molar-refractivity contribution is 5.71. The first kappa shape index (κ1) is 64.6. The highest BCUT2D eigenvalue weighted by atomic mass is 16.6. The van der Waals surface area contributed by atoms with Crippen LogP contribution in [0, 0.1) is 0 Å². The van der Waals surface area contributed by atoms with Gasteiger partial charge in [-0.3, -0.25) is 14.4 Å². The van der Waals surface area contributed by atoms with Gasteiger partial charge in [-0.15, -0.1) is 0 Å². The van der Waals surface area contributed by atoms with Gasteiger partial charge >= 0.3 is 17.9 Å². The van der Waals surface area contributed by atoms with Crippen LogP contribution in [0.5, 0.6) is 0 Å². The quantitative estimate of drug-likeness (QED) is 0.0262. The van der Waals surface area contributed by atoms with Crippen LogP contribution in [-0.2, 0) is 28.6 Å². The Kier molecular flexibility index (Phi) is 54.2. The minimum absolute atomic E-state index is 0.0763. The van der Waals surface area contributed by atoms with E-state index in [9.17, 15) is 14.4 Å². The third-order valence-corrected chi connectivity index (χ3v) is 13.1. The van der Waals surface area contributed by atoms with Crippen molar-refractivity contribution in [3.8, 4) is 0 Å². The lowest BCUT2D eigenvalue weighted by Crippen LogP contribution is -2.30. The fourth-order valence-electron chi connectivity index (χ4n) is 8.63. The molecular weight excluding hydrogens is 829 g/mol. The predicted molar refractivity (Wildman–Crippen MR) is 289 cm³/mol. The molecule has 0 aromatic heterocycles. The fraction of sp³-hybridized carbons (Fsp3) is 0.852. The molecule has 1 atom stereocenters. The molecule has 0 aliphatic carbocycles. The molecular formula is C61H112O6. The van der Waals surface area contributed by atoms with E-state index in [4.69, 9.17) is 14.2 Å². The van der Waals surface area contributed by atoms with E-state index in [1.165, 1.54) is 193 Å². The van der Waals surface area contributed by atoms with Gasteiger partial charge in [0.2, 0.25) is 0 Å². The number of ether oxygens (including phenoxy) is 3. The predicted octanol–water partition coefficient (Wildman–Crippen LogP) is 19.7. The molecule has 0 amide bonds. The van der Waals surface area contributed by atoms with Crippen molar-refractivity contribution in [1.29, 1.82) is 0 Å². The van der Waals surface area contributed by atoms with E-state index in [0.717, 1.165) is 83.5 Å². The second-order valence-corrected chi connectivity index (χ2v) is 19.9. The zero-order chi connectivity index (χ0) is 48.6. The van der Waals surface area contributed by atoms with Crippen molar-refractivity contribution in [1.82, 2.24) is 0 Å². The average molecular weight is 942 g/mol. The number of carbonyl (C=O) groups is 3. The molecule has 0 heterocycles. The summed E-state index contributed by atoms with van der Waals surface area (Å²) in [5.41, 5.74) is 0. The molecule has 0 N–H and O–H groups in total. The van der Waals surface area contributed by atoms with Crippen LogP contribution in [0.1, 0.15) is 316 Å². The number of hydrogen-bond acceptors (Lipinski definition) is 6. The lowest BCUT2D eigenvalue weighted by molar-refractivity contribution is -0.167. The van der Waals surface area contributed by atoms with Crippen molar-refractivity contribution in [3.63, 3.8) is 0 Å². The van der Waals surface area contributed by atoms with Gasteiger partial charge < -0.3 is 14.2 Å². The summed E-state index contributed by atoms with van der Waals surface area (Å²) in [5, 5.41) is 0. The molecule has 0 spiro atoms. The number of allylic oxidation sites excluding steroid dienone is 6. The fourth-order valence-corrected chi connectivity index (χ4v) is 8.63. The molecule has 0 saturated heterocycles. The first-order valence-electron chi connectivity index (χ1n) is 29.5. The van der Waals surface area contributed by atoms with Gasteiger partial charge in [0.05, 0.1) is 0 Å². The summed E-state index contributed by atoms with van der Waals surface area (Å²) in [7, 11) is 0. The molecule has 0 fully saturated rings. The van der Waals surface area contributed by atoms with E-state index in [1.54, 1.807) is 0 Å². The molecule has 1 unspecified atom stereocenters. The zero-order valence-electron chi connectivity index (χ0n) is 44.9. The van der Waals surface area contributed by atoms with Gasteiger partial charge in [0, 0.05) is 19.3 Å². The molecule has 0 bridgehead atoms. The Labute approximate surface area is 416 Å². The Morgan fingerprint density at radius 2 is 0.552 bits per heavy atom. The Morgan fingerprint density at radius 1 is 0.299 bits per heavy atom. The van der Waals surface area contributed by atoms with E-state index in [-0.39, 0.29) is 31.1 Å². The van der Waals surface area contributed by atoms with E-state index >= 15 is 0 Å². The largest absolute Gasteiger partial charge is 0.462 e. The van der Waals surface area contributed by atoms with Crippen LogP contribution in [0.15, 0.2) is 36.5 Å². The maximum absolute atomic E-state index is 12.9. The van der Waals surface area contributed by atoms with Crippen molar-refractivity contribution in [2.24, 2.45) is 0 Å². The van der Waals surface area contributed by atoms with Gasteiger partial charge in [0.1, 0.15) is 13.2 Å². The summed E-state index contributed by atoms with van der Waals surface area (Å²) in [6, 6.07) is 0. The van der Waals surface area contributed by atoms with Crippen LogP contribution in [0.2, 0.25) is 0 Å². The Balaban J connectivity index is 4.34. The van der Waals surface area contributed by atoms with E-state index in [0.29, 0.717) is 19.3 Å². The van der Waals surface area contributed by atoms with Crippen LogP contribution < -0.4 is 0 Å². The van der Waals surface area contributed by atoms with Crippen molar-refractivity contribution in [3.05, 3.63) is 36.5 Å². The van der Waals surface area contributed by atoms with Crippen molar-refractivity contribution < 1.29 is 28.6 Å². The first-order valence-corrected chi connectivity index (χ1v) is 29.5. The van der Waals surface area contributed by atoms with Gasteiger partial charge in [0.15, 0.2) is 6.10 Å². The second-order valence-electron chi connectivity index (χ2n) is 19.9. The minimum Gasteiger partial charge on any atom is -0.462 e. The third-order valence-electron chi connectivity index (χ3n) is 13.1. The van der Waals surface area contributed by atoms with Crippen molar-refractivity contribution in [2.45, 2.75) is 322 Å². The Hall–Kier alpha value is -2.37. The standard InChI is InChI=1S/C61H112O6/c1-4-7-10-13-16-19-22-25-28-30-31-32-34-36-39-42-45-48-51-54-60(63)66-57-58(56-65-59(62)53-50-47-44-41-38-35-27-24-21-18-15-12-9-6-3)67-61(64)55-52-49-46-43-40-37-33-29-26-23-20-17-14-11-8-5-2/h15,18,24,27,29,33,58H,4-14,16-17,19-23,25-26,28,30-32,34-57H2,1-3H3/b18-15-,27-24-,33-29-. The summed E-state index contributed by atoms with van der Waals surface area (Å²) in [5.74, 6) is -0.881. The minimum atomic E-state index is -0.779. The monoisotopic (exact) mass is 941 g/mol. The molecule has 0 rings (SSSR count). The third kappa shape index (κ3) is 54.4. The summed E-state index contributed by atoms with van der Waals surface area (Å²) in [6.45, 7) is 6.62. The van der Waals surface area contributed by atoms with Crippen LogP contribution in [0.25, 0.3) is 0 Å². The average Bonchev–Trinajstić information content (AvgIpc) is 3.33. The maximum Gasteiger partial charge on any atom is 0.306 e. The molecule has 0 saturated carbocycles. The maximum atomic E-state index is 12.9. The van der Waals surface area contributed by atoms with Crippen LogP contribution in [0.4, 0.5) is 0 Å². The highest BCUT2D eigenvalue weighted by Crippen LogP contribution is 2.17. The number of unbranched alkanes of at least 4 members (excludes halogenated alkanes) is 37. The van der Waals surface area contributed by atoms with E-state index in [2.05, 4.69) is 57.2 Å². The molecule has 392 valence electrons. The lowest BCUT2D eigenvalue weighted by atomic mass is 10.0. The van der Waals surface area contributed by atoms with E-state index < -0.39 is 6.10 Å².